The van der Waals surface area contributed by atoms with Crippen molar-refractivity contribution in [2.45, 2.75) is 6.92 Å². The van der Waals surface area contributed by atoms with Crippen LogP contribution in [0.4, 0.5) is 5.69 Å². The number of benzene rings is 1. The maximum atomic E-state index is 8.92. The van der Waals surface area contributed by atoms with E-state index < -0.39 is 0 Å². The molecule has 0 saturated carbocycles. The predicted octanol–water partition coefficient (Wildman–Crippen LogP) is 2.02. The maximum Gasteiger partial charge on any atom is 0.121 e. The highest BCUT2D eigenvalue weighted by Crippen LogP contribution is 2.21. The van der Waals surface area contributed by atoms with Crippen LogP contribution in [-0.4, -0.2) is 26.9 Å². The van der Waals surface area contributed by atoms with Crippen molar-refractivity contribution in [3.8, 4) is 11.8 Å². The molecule has 4 heteroatoms. The van der Waals surface area contributed by atoms with Gasteiger partial charge in [0.15, 0.2) is 0 Å². The van der Waals surface area contributed by atoms with Crippen LogP contribution < -0.4 is 10.1 Å². The van der Waals surface area contributed by atoms with Gasteiger partial charge >= 0.3 is 0 Å². The Hall–Kier alpha value is -1.73. The van der Waals surface area contributed by atoms with E-state index in [1.165, 1.54) is 0 Å². The molecule has 0 radical (unpaired) electrons. The predicted molar refractivity (Wildman–Crippen MR) is 62.7 cm³/mol. The molecule has 16 heavy (non-hydrogen) atoms. The van der Waals surface area contributed by atoms with E-state index >= 15 is 0 Å². The van der Waals surface area contributed by atoms with Gasteiger partial charge in [-0.15, -0.1) is 0 Å². The Bertz CT molecular complexity index is 372. The first-order valence-electron chi connectivity index (χ1n) is 5.21. The number of anilines is 1. The standard InChI is InChI=1S/C12H16N2O2/c1-3-16-7-6-14-12-8-11(15-2)5-4-10(12)9-13/h4-5,8,14H,3,6-7H2,1-2H3. The average molecular weight is 220 g/mol. The lowest BCUT2D eigenvalue weighted by molar-refractivity contribution is 0.158. The molecule has 0 saturated heterocycles. The molecule has 0 heterocycles. The molecule has 0 aliphatic carbocycles. The van der Waals surface area contributed by atoms with E-state index in [0.29, 0.717) is 25.3 Å². The van der Waals surface area contributed by atoms with Crippen molar-refractivity contribution in [3.63, 3.8) is 0 Å². The molecule has 0 bridgehead atoms. The van der Waals surface area contributed by atoms with Crippen molar-refractivity contribution in [1.29, 1.82) is 5.26 Å². The lowest BCUT2D eigenvalue weighted by Crippen LogP contribution is -2.10. The molecule has 0 aliphatic rings. The van der Waals surface area contributed by atoms with Gasteiger partial charge in [-0.3, -0.25) is 0 Å². The van der Waals surface area contributed by atoms with Crippen LogP contribution in [0.3, 0.4) is 0 Å². The number of hydrogen-bond acceptors (Lipinski definition) is 4. The van der Waals surface area contributed by atoms with Crippen LogP contribution in [0.2, 0.25) is 0 Å². The number of rotatable bonds is 6. The summed E-state index contributed by atoms with van der Waals surface area (Å²) in [5.41, 5.74) is 1.39. The Morgan fingerprint density at radius 3 is 2.88 bits per heavy atom. The summed E-state index contributed by atoms with van der Waals surface area (Å²) in [5, 5.41) is 12.1. The lowest BCUT2D eigenvalue weighted by atomic mass is 10.2. The fourth-order valence-corrected chi connectivity index (χ4v) is 1.30. The van der Waals surface area contributed by atoms with Crippen LogP contribution in [0, 0.1) is 11.3 Å². The highest BCUT2D eigenvalue weighted by molar-refractivity contribution is 5.60. The molecule has 1 rings (SSSR count). The summed E-state index contributed by atoms with van der Waals surface area (Å²) < 4.78 is 10.3. The van der Waals surface area contributed by atoms with Crippen LogP contribution in [0.25, 0.3) is 0 Å². The van der Waals surface area contributed by atoms with Crippen LogP contribution >= 0.6 is 0 Å². The molecule has 0 aliphatic heterocycles. The third-order valence-electron chi connectivity index (χ3n) is 2.11. The third kappa shape index (κ3) is 3.44. The van der Waals surface area contributed by atoms with Gasteiger partial charge in [0.25, 0.3) is 0 Å². The van der Waals surface area contributed by atoms with Crippen molar-refractivity contribution < 1.29 is 9.47 Å². The number of ether oxygens (including phenoxy) is 2. The van der Waals surface area contributed by atoms with E-state index in [-0.39, 0.29) is 0 Å². The third-order valence-corrected chi connectivity index (χ3v) is 2.11. The van der Waals surface area contributed by atoms with Gasteiger partial charge in [-0.25, -0.2) is 0 Å². The maximum absolute atomic E-state index is 8.92. The molecule has 0 amide bonds. The molecule has 86 valence electrons. The number of nitrogens with zero attached hydrogens (tertiary/aromatic N) is 1. The Morgan fingerprint density at radius 1 is 1.44 bits per heavy atom. The van der Waals surface area contributed by atoms with Crippen molar-refractivity contribution >= 4 is 5.69 Å². The van der Waals surface area contributed by atoms with Gasteiger partial charge < -0.3 is 14.8 Å². The number of nitriles is 1. The smallest absolute Gasteiger partial charge is 0.121 e. The number of methoxy groups -OCH3 is 1. The molecule has 4 nitrogen and oxygen atoms in total. The fraction of sp³-hybridized carbons (Fsp3) is 0.417. The second kappa shape index (κ2) is 6.70. The molecule has 1 N–H and O–H groups in total. The van der Waals surface area contributed by atoms with E-state index in [2.05, 4.69) is 11.4 Å². The zero-order valence-electron chi connectivity index (χ0n) is 9.62. The lowest BCUT2D eigenvalue weighted by Gasteiger charge is -2.09. The number of hydrogen-bond donors (Lipinski definition) is 1. The Labute approximate surface area is 95.8 Å². The van der Waals surface area contributed by atoms with Gasteiger partial charge in [0.05, 0.1) is 25.0 Å². The molecule has 0 atom stereocenters. The first-order valence-corrected chi connectivity index (χ1v) is 5.21. The van der Waals surface area contributed by atoms with E-state index in [1.807, 2.05) is 13.0 Å². The summed E-state index contributed by atoms with van der Waals surface area (Å²) in [5.74, 6) is 0.734. The highest BCUT2D eigenvalue weighted by Gasteiger charge is 2.02. The van der Waals surface area contributed by atoms with Gasteiger partial charge in [0, 0.05) is 19.2 Å². The monoisotopic (exact) mass is 220 g/mol. The Morgan fingerprint density at radius 2 is 2.25 bits per heavy atom. The minimum atomic E-state index is 0.609. The van der Waals surface area contributed by atoms with E-state index in [4.69, 9.17) is 14.7 Å². The summed E-state index contributed by atoms with van der Waals surface area (Å²) in [6.07, 6.45) is 0. The molecule has 1 aromatic carbocycles. The van der Waals surface area contributed by atoms with Gasteiger partial charge in [-0.2, -0.15) is 5.26 Å². The Kier molecular flexibility index (Phi) is 5.17. The van der Waals surface area contributed by atoms with Crippen molar-refractivity contribution in [3.05, 3.63) is 23.8 Å². The SMILES string of the molecule is CCOCCNc1cc(OC)ccc1C#N. The van der Waals surface area contributed by atoms with Gasteiger partial charge in [-0.05, 0) is 19.1 Å². The van der Waals surface area contributed by atoms with Crippen molar-refractivity contribution in [2.24, 2.45) is 0 Å². The van der Waals surface area contributed by atoms with Crippen LogP contribution in [0.1, 0.15) is 12.5 Å². The second-order valence-corrected chi connectivity index (χ2v) is 3.15. The quantitative estimate of drug-likeness (QED) is 0.745. The highest BCUT2D eigenvalue weighted by atomic mass is 16.5. The normalized spacial score (nSPS) is 9.56. The van der Waals surface area contributed by atoms with Gasteiger partial charge in [0.2, 0.25) is 0 Å². The first kappa shape index (κ1) is 12.3. The van der Waals surface area contributed by atoms with Crippen LogP contribution in [0.15, 0.2) is 18.2 Å². The van der Waals surface area contributed by atoms with E-state index in [0.717, 1.165) is 11.4 Å². The molecule has 0 unspecified atom stereocenters. The molecule has 0 fully saturated rings. The van der Waals surface area contributed by atoms with Crippen molar-refractivity contribution in [2.75, 3.05) is 32.2 Å². The zero-order chi connectivity index (χ0) is 11.8. The fourth-order valence-electron chi connectivity index (χ4n) is 1.30. The van der Waals surface area contributed by atoms with Crippen molar-refractivity contribution in [1.82, 2.24) is 0 Å². The Balaban J connectivity index is 2.65. The number of nitrogens with one attached hydrogen (secondary N) is 1. The molecule has 0 spiro atoms. The van der Waals surface area contributed by atoms with Gasteiger partial charge in [0.1, 0.15) is 11.8 Å². The molecule has 1 aromatic rings. The van der Waals surface area contributed by atoms with E-state index in [1.54, 1.807) is 19.2 Å². The summed E-state index contributed by atoms with van der Waals surface area (Å²) in [6.45, 7) is 3.95. The average Bonchev–Trinajstić information content (AvgIpc) is 2.34. The minimum Gasteiger partial charge on any atom is -0.497 e. The summed E-state index contributed by atoms with van der Waals surface area (Å²) in [4.78, 5) is 0. The van der Waals surface area contributed by atoms with E-state index in [9.17, 15) is 0 Å². The van der Waals surface area contributed by atoms with Crippen LogP contribution in [-0.2, 0) is 4.74 Å². The first-order chi connectivity index (χ1) is 7.81. The molecule has 0 aromatic heterocycles. The summed E-state index contributed by atoms with van der Waals surface area (Å²) in [7, 11) is 1.60. The minimum absolute atomic E-state index is 0.609. The van der Waals surface area contributed by atoms with Gasteiger partial charge in [-0.1, -0.05) is 0 Å². The summed E-state index contributed by atoms with van der Waals surface area (Å²) in [6, 6.07) is 7.45. The molecular weight excluding hydrogens is 204 g/mol. The molecular formula is C12H16N2O2. The largest absolute Gasteiger partial charge is 0.497 e. The zero-order valence-corrected chi connectivity index (χ0v) is 9.62. The van der Waals surface area contributed by atoms with Crippen LogP contribution in [0.5, 0.6) is 5.75 Å². The summed E-state index contributed by atoms with van der Waals surface area (Å²) >= 11 is 0. The second-order valence-electron chi connectivity index (χ2n) is 3.15. The topological polar surface area (TPSA) is 54.3 Å².